The van der Waals surface area contributed by atoms with Crippen LogP contribution in [-0.2, 0) is 11.3 Å². The van der Waals surface area contributed by atoms with Gasteiger partial charge in [0.25, 0.3) is 0 Å². The predicted octanol–water partition coefficient (Wildman–Crippen LogP) is 3.24. The molecule has 1 amide bonds. The highest BCUT2D eigenvalue weighted by Gasteiger charge is 2.25. The van der Waals surface area contributed by atoms with Crippen LogP contribution in [-0.4, -0.2) is 34.2 Å². The average molecular weight is 298 g/mol. The van der Waals surface area contributed by atoms with Crippen LogP contribution in [0.4, 0.5) is 0 Å². The number of hydrogen-bond donors (Lipinski definition) is 0. The normalized spacial score (nSPS) is 18.6. The number of nitrogens with zero attached hydrogens (tertiary/aromatic N) is 2. The van der Waals surface area contributed by atoms with Crippen molar-refractivity contribution in [3.63, 3.8) is 0 Å². The Hall–Kier alpha value is -2.10. The third kappa shape index (κ3) is 2.65. The first-order valence-electron chi connectivity index (χ1n) is 8.07. The maximum absolute atomic E-state index is 12.7. The number of amides is 1. The smallest absolute Gasteiger partial charge is 0.242 e. The van der Waals surface area contributed by atoms with Gasteiger partial charge in [0, 0.05) is 35.2 Å². The number of para-hydroxylation sites is 1. The SMILES string of the molecule is CC[C@@H]1CCCCN1C(=O)Cn1cc(C=O)c2ccccc21. The summed E-state index contributed by atoms with van der Waals surface area (Å²) in [6.07, 6.45) is 7.07. The standard InChI is InChI=1S/C18H22N2O2/c1-2-15-7-5-6-10-20(15)18(22)12-19-11-14(13-21)16-8-3-4-9-17(16)19/h3-4,8-9,11,13,15H,2,5-7,10,12H2,1H3/t15-/m1/s1. The zero-order chi connectivity index (χ0) is 15.5. The first-order valence-corrected chi connectivity index (χ1v) is 8.07. The third-order valence-electron chi connectivity index (χ3n) is 4.67. The minimum Gasteiger partial charge on any atom is -0.338 e. The highest BCUT2D eigenvalue weighted by Crippen LogP contribution is 2.23. The molecule has 1 aromatic carbocycles. The van der Waals surface area contributed by atoms with Gasteiger partial charge in [0.15, 0.2) is 6.29 Å². The Balaban J connectivity index is 1.86. The van der Waals surface area contributed by atoms with Crippen molar-refractivity contribution in [1.82, 2.24) is 9.47 Å². The number of carbonyl (C=O) groups excluding carboxylic acids is 2. The molecule has 1 aliphatic rings. The van der Waals surface area contributed by atoms with Crippen LogP contribution in [0.3, 0.4) is 0 Å². The second-order valence-corrected chi connectivity index (χ2v) is 5.99. The Morgan fingerprint density at radius 3 is 2.91 bits per heavy atom. The van der Waals surface area contributed by atoms with Crippen LogP contribution in [0, 0.1) is 0 Å². The molecule has 3 rings (SSSR count). The van der Waals surface area contributed by atoms with Gasteiger partial charge in [0.1, 0.15) is 6.54 Å². The summed E-state index contributed by atoms with van der Waals surface area (Å²) in [4.78, 5) is 25.9. The molecule has 1 fully saturated rings. The van der Waals surface area contributed by atoms with E-state index in [1.54, 1.807) is 6.20 Å². The lowest BCUT2D eigenvalue weighted by Crippen LogP contribution is -2.44. The lowest BCUT2D eigenvalue weighted by Gasteiger charge is -2.35. The Kier molecular flexibility index (Phi) is 4.27. The van der Waals surface area contributed by atoms with Crippen LogP contribution >= 0.6 is 0 Å². The Labute approximate surface area is 130 Å². The second kappa shape index (κ2) is 6.34. The summed E-state index contributed by atoms with van der Waals surface area (Å²) < 4.78 is 1.91. The minimum absolute atomic E-state index is 0.157. The Morgan fingerprint density at radius 2 is 2.14 bits per heavy atom. The number of fused-ring (bicyclic) bond motifs is 1. The van der Waals surface area contributed by atoms with Gasteiger partial charge >= 0.3 is 0 Å². The molecule has 0 saturated carbocycles. The van der Waals surface area contributed by atoms with Crippen molar-refractivity contribution in [3.05, 3.63) is 36.0 Å². The molecule has 2 heterocycles. The molecular weight excluding hydrogens is 276 g/mol. The number of aldehydes is 1. The van der Waals surface area contributed by atoms with Gasteiger partial charge in [-0.1, -0.05) is 25.1 Å². The fourth-order valence-electron chi connectivity index (χ4n) is 3.49. The van der Waals surface area contributed by atoms with E-state index in [-0.39, 0.29) is 5.91 Å². The molecule has 0 unspecified atom stereocenters. The quantitative estimate of drug-likeness (QED) is 0.813. The first-order chi connectivity index (χ1) is 10.7. The first kappa shape index (κ1) is 14.8. The Morgan fingerprint density at radius 1 is 1.32 bits per heavy atom. The summed E-state index contributed by atoms with van der Waals surface area (Å²) >= 11 is 0. The number of rotatable bonds is 4. The highest BCUT2D eigenvalue weighted by molar-refractivity contribution is 5.98. The molecule has 0 aliphatic carbocycles. The van der Waals surface area contributed by atoms with Crippen molar-refractivity contribution >= 4 is 23.1 Å². The maximum Gasteiger partial charge on any atom is 0.242 e. The molecule has 1 atom stereocenters. The van der Waals surface area contributed by atoms with Gasteiger partial charge in [-0.05, 0) is 31.7 Å². The number of benzene rings is 1. The molecule has 4 heteroatoms. The van der Waals surface area contributed by atoms with Gasteiger partial charge in [-0.2, -0.15) is 0 Å². The zero-order valence-corrected chi connectivity index (χ0v) is 13.0. The van der Waals surface area contributed by atoms with E-state index in [1.165, 1.54) is 6.42 Å². The van der Waals surface area contributed by atoms with E-state index in [4.69, 9.17) is 0 Å². The van der Waals surface area contributed by atoms with E-state index in [2.05, 4.69) is 6.92 Å². The molecule has 1 aromatic heterocycles. The molecule has 1 saturated heterocycles. The van der Waals surface area contributed by atoms with Crippen molar-refractivity contribution in [2.24, 2.45) is 0 Å². The molecule has 2 aromatic rings. The van der Waals surface area contributed by atoms with Gasteiger partial charge in [-0.25, -0.2) is 0 Å². The summed E-state index contributed by atoms with van der Waals surface area (Å²) in [5, 5.41) is 0.913. The summed E-state index contributed by atoms with van der Waals surface area (Å²) in [7, 11) is 0. The number of carbonyl (C=O) groups is 2. The third-order valence-corrected chi connectivity index (χ3v) is 4.67. The Bertz CT molecular complexity index is 689. The average Bonchev–Trinajstić information content (AvgIpc) is 2.93. The number of aromatic nitrogens is 1. The molecule has 0 bridgehead atoms. The molecule has 1 aliphatic heterocycles. The maximum atomic E-state index is 12.7. The predicted molar refractivity (Wildman–Crippen MR) is 87.0 cm³/mol. The van der Waals surface area contributed by atoms with Crippen molar-refractivity contribution in [1.29, 1.82) is 0 Å². The van der Waals surface area contributed by atoms with Gasteiger partial charge in [0.2, 0.25) is 5.91 Å². The van der Waals surface area contributed by atoms with Gasteiger partial charge in [-0.3, -0.25) is 9.59 Å². The van der Waals surface area contributed by atoms with Crippen LogP contribution in [0.1, 0.15) is 43.0 Å². The van der Waals surface area contributed by atoms with Crippen LogP contribution in [0.5, 0.6) is 0 Å². The highest BCUT2D eigenvalue weighted by atomic mass is 16.2. The van der Waals surface area contributed by atoms with E-state index in [9.17, 15) is 9.59 Å². The molecule has 116 valence electrons. The second-order valence-electron chi connectivity index (χ2n) is 5.99. The van der Waals surface area contributed by atoms with Crippen molar-refractivity contribution in [3.8, 4) is 0 Å². The summed E-state index contributed by atoms with van der Waals surface area (Å²) in [6, 6.07) is 8.11. The number of piperidine rings is 1. The van der Waals surface area contributed by atoms with Gasteiger partial charge in [0.05, 0.1) is 0 Å². The number of likely N-dealkylation sites (tertiary alicyclic amines) is 1. The lowest BCUT2D eigenvalue weighted by atomic mass is 10.00. The summed E-state index contributed by atoms with van der Waals surface area (Å²) in [6.45, 7) is 3.31. The molecular formula is C18H22N2O2. The minimum atomic E-state index is 0.157. The largest absolute Gasteiger partial charge is 0.338 e. The topological polar surface area (TPSA) is 42.3 Å². The molecule has 0 N–H and O–H groups in total. The fourth-order valence-corrected chi connectivity index (χ4v) is 3.49. The van der Waals surface area contributed by atoms with E-state index in [0.29, 0.717) is 18.2 Å². The fraction of sp³-hybridized carbons (Fsp3) is 0.444. The van der Waals surface area contributed by atoms with Crippen molar-refractivity contribution in [2.75, 3.05) is 6.54 Å². The van der Waals surface area contributed by atoms with E-state index < -0.39 is 0 Å². The monoisotopic (exact) mass is 298 g/mol. The molecule has 0 radical (unpaired) electrons. The molecule has 0 spiro atoms. The lowest BCUT2D eigenvalue weighted by molar-refractivity contribution is -0.135. The molecule has 22 heavy (non-hydrogen) atoms. The van der Waals surface area contributed by atoms with Crippen LogP contribution in [0.2, 0.25) is 0 Å². The van der Waals surface area contributed by atoms with Crippen molar-refractivity contribution in [2.45, 2.75) is 45.2 Å². The summed E-state index contributed by atoms with van der Waals surface area (Å²) in [5.41, 5.74) is 1.59. The van der Waals surface area contributed by atoms with E-state index >= 15 is 0 Å². The van der Waals surface area contributed by atoms with Gasteiger partial charge in [-0.15, -0.1) is 0 Å². The number of hydrogen-bond acceptors (Lipinski definition) is 2. The van der Waals surface area contributed by atoms with Gasteiger partial charge < -0.3 is 9.47 Å². The van der Waals surface area contributed by atoms with Crippen LogP contribution in [0.25, 0.3) is 10.9 Å². The van der Waals surface area contributed by atoms with Crippen LogP contribution in [0.15, 0.2) is 30.5 Å². The van der Waals surface area contributed by atoms with Crippen LogP contribution < -0.4 is 0 Å². The van der Waals surface area contributed by atoms with Crippen molar-refractivity contribution < 1.29 is 9.59 Å². The zero-order valence-electron chi connectivity index (χ0n) is 13.0. The van der Waals surface area contributed by atoms with E-state index in [0.717, 1.165) is 43.0 Å². The molecule has 4 nitrogen and oxygen atoms in total. The summed E-state index contributed by atoms with van der Waals surface area (Å²) in [5.74, 6) is 0.157. The van der Waals surface area contributed by atoms with E-state index in [1.807, 2.05) is 33.7 Å².